The standard InChI is InChI=1S/C29H28N2O5/c1-4-35-21-12-10-20(11-13-21)31-26(22-8-6-5-7-18(22)2)25(28(33)29(31)34)27(32)19-9-14-24-23(17-19)30(3)15-16-36-24/h5-14,17,26,32H,4,15-16H2,1-3H3/b27-25+. The second-order valence-electron chi connectivity index (χ2n) is 8.91. The van der Waals surface area contributed by atoms with Gasteiger partial charge in [0.05, 0.1) is 30.5 Å². The molecular weight excluding hydrogens is 456 g/mol. The number of ketones is 1. The molecule has 7 nitrogen and oxygen atoms in total. The summed E-state index contributed by atoms with van der Waals surface area (Å²) in [6.45, 7) is 5.64. The Bertz CT molecular complexity index is 1360. The maximum atomic E-state index is 13.5. The van der Waals surface area contributed by atoms with E-state index in [0.717, 1.165) is 16.8 Å². The fourth-order valence-corrected chi connectivity index (χ4v) is 4.81. The van der Waals surface area contributed by atoms with Crippen molar-refractivity contribution in [1.82, 2.24) is 0 Å². The van der Waals surface area contributed by atoms with Crippen molar-refractivity contribution in [1.29, 1.82) is 0 Å². The minimum Gasteiger partial charge on any atom is -0.507 e. The number of fused-ring (bicyclic) bond motifs is 1. The van der Waals surface area contributed by atoms with Gasteiger partial charge in [0.1, 0.15) is 23.9 Å². The van der Waals surface area contributed by atoms with Crippen molar-refractivity contribution < 1.29 is 24.2 Å². The van der Waals surface area contributed by atoms with Crippen LogP contribution in [0, 0.1) is 6.92 Å². The van der Waals surface area contributed by atoms with Gasteiger partial charge in [-0.05, 0) is 67.4 Å². The van der Waals surface area contributed by atoms with Crippen molar-refractivity contribution in [3.8, 4) is 11.5 Å². The van der Waals surface area contributed by atoms with Crippen molar-refractivity contribution in [2.75, 3.05) is 36.6 Å². The Balaban J connectivity index is 1.67. The third-order valence-electron chi connectivity index (χ3n) is 6.68. The molecule has 2 aliphatic rings. The van der Waals surface area contributed by atoms with Crippen LogP contribution in [0.25, 0.3) is 5.76 Å². The molecule has 1 fully saturated rings. The van der Waals surface area contributed by atoms with Crippen LogP contribution in [0.1, 0.15) is 29.7 Å². The van der Waals surface area contributed by atoms with Crippen molar-refractivity contribution >= 4 is 28.8 Å². The van der Waals surface area contributed by atoms with Gasteiger partial charge in [0.15, 0.2) is 0 Å². The van der Waals surface area contributed by atoms with Crippen LogP contribution in [0.15, 0.2) is 72.3 Å². The molecule has 7 heteroatoms. The number of nitrogens with zero attached hydrogens (tertiary/aromatic N) is 2. The maximum Gasteiger partial charge on any atom is 0.300 e. The van der Waals surface area contributed by atoms with Crippen LogP contribution in [-0.2, 0) is 9.59 Å². The molecule has 0 saturated carbocycles. The van der Waals surface area contributed by atoms with Gasteiger partial charge in [-0.15, -0.1) is 0 Å². The number of aryl methyl sites for hydroxylation is 1. The van der Waals surface area contributed by atoms with Gasteiger partial charge in [-0.25, -0.2) is 0 Å². The highest BCUT2D eigenvalue weighted by atomic mass is 16.5. The molecule has 184 valence electrons. The van der Waals surface area contributed by atoms with E-state index in [1.807, 2.05) is 50.1 Å². The molecule has 2 heterocycles. The molecule has 1 amide bonds. The highest BCUT2D eigenvalue weighted by Crippen LogP contribution is 2.44. The van der Waals surface area contributed by atoms with Gasteiger partial charge in [-0.3, -0.25) is 14.5 Å². The summed E-state index contributed by atoms with van der Waals surface area (Å²) in [5.41, 5.74) is 3.55. The van der Waals surface area contributed by atoms with Gasteiger partial charge >= 0.3 is 0 Å². The van der Waals surface area contributed by atoms with E-state index in [4.69, 9.17) is 9.47 Å². The summed E-state index contributed by atoms with van der Waals surface area (Å²) in [5.74, 6) is -0.239. The highest BCUT2D eigenvalue weighted by Gasteiger charge is 2.47. The van der Waals surface area contributed by atoms with E-state index < -0.39 is 17.7 Å². The number of carbonyl (C=O) groups excluding carboxylic acids is 2. The van der Waals surface area contributed by atoms with Crippen LogP contribution in [0.3, 0.4) is 0 Å². The van der Waals surface area contributed by atoms with E-state index in [1.54, 1.807) is 42.5 Å². The zero-order valence-electron chi connectivity index (χ0n) is 20.5. The van der Waals surface area contributed by atoms with E-state index in [9.17, 15) is 14.7 Å². The average molecular weight is 485 g/mol. The molecular formula is C29H28N2O5. The minimum absolute atomic E-state index is 0.0579. The van der Waals surface area contributed by atoms with Crippen molar-refractivity contribution in [3.63, 3.8) is 0 Å². The highest BCUT2D eigenvalue weighted by molar-refractivity contribution is 6.51. The van der Waals surface area contributed by atoms with Gasteiger partial charge < -0.3 is 19.5 Å². The van der Waals surface area contributed by atoms with Gasteiger partial charge in [0.2, 0.25) is 0 Å². The zero-order chi connectivity index (χ0) is 25.4. The number of ether oxygens (including phenoxy) is 2. The van der Waals surface area contributed by atoms with Gasteiger partial charge in [0.25, 0.3) is 11.7 Å². The largest absolute Gasteiger partial charge is 0.507 e. The summed E-state index contributed by atoms with van der Waals surface area (Å²) in [5, 5.41) is 11.5. The van der Waals surface area contributed by atoms with Crippen LogP contribution < -0.4 is 19.3 Å². The molecule has 3 aromatic rings. The first kappa shape index (κ1) is 23.5. The van der Waals surface area contributed by atoms with Crippen LogP contribution in [0.5, 0.6) is 11.5 Å². The normalized spacial score (nSPS) is 18.7. The predicted molar refractivity (Wildman–Crippen MR) is 139 cm³/mol. The number of benzene rings is 3. The quantitative estimate of drug-likeness (QED) is 0.317. The fourth-order valence-electron chi connectivity index (χ4n) is 4.81. The van der Waals surface area contributed by atoms with E-state index in [-0.39, 0.29) is 11.3 Å². The number of hydrogen-bond acceptors (Lipinski definition) is 6. The van der Waals surface area contributed by atoms with Crippen LogP contribution in [0.2, 0.25) is 0 Å². The second-order valence-corrected chi connectivity index (χ2v) is 8.91. The van der Waals surface area contributed by atoms with Crippen molar-refractivity contribution in [2.24, 2.45) is 0 Å². The molecule has 0 spiro atoms. The summed E-state index contributed by atoms with van der Waals surface area (Å²) in [4.78, 5) is 30.4. The number of aliphatic hydroxyl groups excluding tert-OH is 1. The Hall–Kier alpha value is -4.26. The van der Waals surface area contributed by atoms with Crippen LogP contribution in [0.4, 0.5) is 11.4 Å². The molecule has 2 aliphatic heterocycles. The van der Waals surface area contributed by atoms with Crippen molar-refractivity contribution in [2.45, 2.75) is 19.9 Å². The molecule has 1 saturated heterocycles. The second kappa shape index (κ2) is 9.41. The van der Waals surface area contributed by atoms with E-state index >= 15 is 0 Å². The number of hydrogen-bond donors (Lipinski definition) is 1. The summed E-state index contributed by atoms with van der Waals surface area (Å²) < 4.78 is 11.3. The number of rotatable bonds is 5. The molecule has 1 atom stereocenters. The smallest absolute Gasteiger partial charge is 0.300 e. The number of amides is 1. The van der Waals surface area contributed by atoms with E-state index in [1.165, 1.54) is 4.90 Å². The monoisotopic (exact) mass is 484 g/mol. The molecule has 36 heavy (non-hydrogen) atoms. The fraction of sp³-hybridized carbons (Fsp3) is 0.241. The lowest BCUT2D eigenvalue weighted by atomic mass is 9.92. The number of likely N-dealkylation sites (N-methyl/N-ethyl adjacent to an activating group) is 1. The Labute approximate surface area is 210 Å². The number of aliphatic hydroxyl groups is 1. The first-order chi connectivity index (χ1) is 17.4. The summed E-state index contributed by atoms with van der Waals surface area (Å²) >= 11 is 0. The molecule has 0 aromatic heterocycles. The number of carbonyl (C=O) groups is 2. The number of anilines is 2. The summed E-state index contributed by atoms with van der Waals surface area (Å²) in [7, 11) is 1.95. The molecule has 1 unspecified atom stereocenters. The summed E-state index contributed by atoms with van der Waals surface area (Å²) in [6.07, 6.45) is 0. The van der Waals surface area contributed by atoms with Crippen LogP contribution >= 0.6 is 0 Å². The van der Waals surface area contributed by atoms with E-state index in [2.05, 4.69) is 0 Å². The molecule has 0 bridgehead atoms. The summed E-state index contributed by atoms with van der Waals surface area (Å²) in [6, 6.07) is 19.1. The van der Waals surface area contributed by atoms with Gasteiger partial charge in [-0.1, -0.05) is 24.3 Å². The SMILES string of the molecule is CCOc1ccc(N2C(=O)C(=O)/C(=C(/O)c3ccc4c(c3)N(C)CCO4)C2c2ccccc2C)cc1. The lowest BCUT2D eigenvalue weighted by Crippen LogP contribution is -2.29. The van der Waals surface area contributed by atoms with Crippen LogP contribution in [-0.4, -0.2) is 43.6 Å². The molecule has 3 aromatic carbocycles. The lowest BCUT2D eigenvalue weighted by Gasteiger charge is -2.28. The molecule has 1 N–H and O–H groups in total. The number of Topliss-reactive ketones (excluding diaryl/α,β-unsaturated/α-hetero) is 1. The topological polar surface area (TPSA) is 79.3 Å². The third-order valence-corrected chi connectivity index (χ3v) is 6.68. The minimum atomic E-state index is -0.783. The first-order valence-electron chi connectivity index (χ1n) is 12.0. The third kappa shape index (κ3) is 3.96. The Kier molecular flexibility index (Phi) is 6.14. The Morgan fingerprint density at radius 3 is 2.56 bits per heavy atom. The Morgan fingerprint density at radius 2 is 1.83 bits per heavy atom. The Morgan fingerprint density at radius 1 is 1.08 bits per heavy atom. The van der Waals surface area contributed by atoms with E-state index in [0.29, 0.717) is 42.5 Å². The lowest BCUT2D eigenvalue weighted by molar-refractivity contribution is -0.132. The molecule has 5 rings (SSSR count). The zero-order valence-corrected chi connectivity index (χ0v) is 20.5. The van der Waals surface area contributed by atoms with Gasteiger partial charge in [0, 0.05) is 18.3 Å². The predicted octanol–water partition coefficient (Wildman–Crippen LogP) is 4.85. The van der Waals surface area contributed by atoms with Crippen molar-refractivity contribution in [3.05, 3.63) is 89.0 Å². The average Bonchev–Trinajstić information content (AvgIpc) is 3.15. The molecule has 0 aliphatic carbocycles. The maximum absolute atomic E-state index is 13.5. The van der Waals surface area contributed by atoms with Gasteiger partial charge in [-0.2, -0.15) is 0 Å². The molecule has 0 radical (unpaired) electrons. The first-order valence-corrected chi connectivity index (χ1v) is 12.0.